The maximum absolute atomic E-state index is 5.35. The zero-order valence-corrected chi connectivity index (χ0v) is 13.0. The van der Waals surface area contributed by atoms with E-state index in [0.29, 0.717) is 10.2 Å². The summed E-state index contributed by atoms with van der Waals surface area (Å²) < 4.78 is 0.412. The van der Waals surface area contributed by atoms with Crippen LogP contribution in [0.25, 0.3) is 0 Å². The Hall–Kier alpha value is 0.350. The topological polar surface area (TPSA) is 0 Å². The predicted octanol–water partition coefficient (Wildman–Crippen LogP) is 4.79. The lowest BCUT2D eigenvalue weighted by Crippen LogP contribution is -2.71. The summed E-state index contributed by atoms with van der Waals surface area (Å²) in [5, 5.41) is 0. The van der Waals surface area contributed by atoms with Crippen LogP contribution in [0.5, 0.6) is 0 Å². The van der Waals surface area contributed by atoms with Gasteiger partial charge in [0.2, 0.25) is 0 Å². The van der Waals surface area contributed by atoms with Gasteiger partial charge in [0.05, 0.1) is 0 Å². The molecule has 5 aliphatic rings. The van der Waals surface area contributed by atoms with Gasteiger partial charge in [-0.1, -0.05) is 27.2 Å². The standard InChI is InChI=1S/C17H28S/c1-4-16-9-11(3)12-6-5-7-17(16,18)13-8-10(2)14(12)15(13)16/h10-15,18H,4-9H2,1-3H3. The number of hydrogen-bond donors (Lipinski definition) is 1. The van der Waals surface area contributed by atoms with Gasteiger partial charge < -0.3 is 0 Å². The maximum atomic E-state index is 5.35. The van der Waals surface area contributed by atoms with Gasteiger partial charge in [0.25, 0.3) is 0 Å². The van der Waals surface area contributed by atoms with E-state index in [2.05, 4.69) is 20.8 Å². The third-order valence-electron chi connectivity index (χ3n) is 7.88. The molecule has 1 heteroatoms. The van der Waals surface area contributed by atoms with E-state index in [1.807, 2.05) is 0 Å². The fourth-order valence-electron chi connectivity index (χ4n) is 7.44. The smallest absolute Gasteiger partial charge is 0.0220 e. The van der Waals surface area contributed by atoms with Crippen LogP contribution >= 0.6 is 12.6 Å². The minimum atomic E-state index is 0.412. The highest BCUT2D eigenvalue weighted by atomic mass is 32.1. The first-order valence-electron chi connectivity index (χ1n) is 8.27. The van der Waals surface area contributed by atoms with E-state index < -0.39 is 0 Å². The van der Waals surface area contributed by atoms with Crippen molar-refractivity contribution in [1.29, 1.82) is 0 Å². The van der Waals surface area contributed by atoms with E-state index in [0.717, 1.165) is 35.5 Å². The molecule has 5 rings (SSSR count). The van der Waals surface area contributed by atoms with Gasteiger partial charge in [0, 0.05) is 4.75 Å². The van der Waals surface area contributed by atoms with E-state index in [9.17, 15) is 0 Å². The zero-order valence-electron chi connectivity index (χ0n) is 12.2. The summed E-state index contributed by atoms with van der Waals surface area (Å²) in [4.78, 5) is 0. The Morgan fingerprint density at radius 2 is 2.00 bits per heavy atom. The van der Waals surface area contributed by atoms with Crippen molar-refractivity contribution in [3.8, 4) is 0 Å². The van der Waals surface area contributed by atoms with Gasteiger partial charge >= 0.3 is 0 Å². The molecule has 0 radical (unpaired) electrons. The predicted molar refractivity (Wildman–Crippen MR) is 79.8 cm³/mol. The van der Waals surface area contributed by atoms with Gasteiger partial charge in [-0.15, -0.1) is 0 Å². The monoisotopic (exact) mass is 264 g/mol. The number of fused-ring (bicyclic) bond motifs is 3. The van der Waals surface area contributed by atoms with Crippen LogP contribution in [0.3, 0.4) is 0 Å². The molecule has 5 saturated carbocycles. The van der Waals surface area contributed by atoms with Gasteiger partial charge in [-0.3, -0.25) is 0 Å². The molecule has 0 saturated heterocycles. The summed E-state index contributed by atoms with van der Waals surface area (Å²) in [6, 6.07) is 0. The van der Waals surface area contributed by atoms with Crippen molar-refractivity contribution >= 4 is 12.6 Å². The van der Waals surface area contributed by atoms with E-state index in [4.69, 9.17) is 12.6 Å². The summed E-state index contributed by atoms with van der Waals surface area (Å²) in [7, 11) is 0. The second-order valence-corrected chi connectivity index (χ2v) is 8.89. The van der Waals surface area contributed by atoms with Gasteiger partial charge in [-0.25, -0.2) is 0 Å². The first-order valence-corrected chi connectivity index (χ1v) is 8.72. The molecule has 0 heterocycles. The molecule has 8 atom stereocenters. The van der Waals surface area contributed by atoms with E-state index in [1.54, 1.807) is 0 Å². The maximum Gasteiger partial charge on any atom is 0.0220 e. The highest BCUT2D eigenvalue weighted by Gasteiger charge is 2.76. The fraction of sp³-hybridized carbons (Fsp3) is 1.00. The van der Waals surface area contributed by atoms with E-state index in [-0.39, 0.29) is 0 Å². The van der Waals surface area contributed by atoms with Gasteiger partial charge in [0.1, 0.15) is 0 Å². The largest absolute Gasteiger partial charge is 0.172 e. The molecule has 102 valence electrons. The van der Waals surface area contributed by atoms with Crippen LogP contribution in [0.15, 0.2) is 0 Å². The van der Waals surface area contributed by atoms with Crippen LogP contribution in [-0.4, -0.2) is 4.75 Å². The van der Waals surface area contributed by atoms with Crippen LogP contribution in [0.1, 0.15) is 59.3 Å². The fourth-order valence-corrected chi connectivity index (χ4v) is 8.27. The van der Waals surface area contributed by atoms with Crippen molar-refractivity contribution in [1.82, 2.24) is 0 Å². The molecule has 5 aliphatic carbocycles. The Kier molecular flexibility index (Phi) is 2.36. The number of rotatable bonds is 1. The lowest BCUT2D eigenvalue weighted by molar-refractivity contribution is -0.177. The SMILES string of the molecule is CCC12CC(C)C3CCCC1(S)C1CC(C)C3C12. The number of thiol groups is 1. The second kappa shape index (κ2) is 3.51. The molecule has 0 nitrogen and oxygen atoms in total. The van der Waals surface area contributed by atoms with Gasteiger partial charge in [0.15, 0.2) is 0 Å². The Balaban J connectivity index is 1.87. The van der Waals surface area contributed by atoms with Crippen molar-refractivity contribution in [2.75, 3.05) is 0 Å². The second-order valence-electron chi connectivity index (χ2n) is 8.09. The lowest BCUT2D eigenvalue weighted by Gasteiger charge is -2.73. The lowest BCUT2D eigenvalue weighted by atomic mass is 9.36. The number of hydrogen-bond acceptors (Lipinski definition) is 1. The summed E-state index contributed by atoms with van der Waals surface area (Å²) in [6.07, 6.45) is 8.73. The quantitative estimate of drug-likeness (QED) is 0.647. The molecule has 5 fully saturated rings. The average Bonchev–Trinajstić information content (AvgIpc) is 2.68. The van der Waals surface area contributed by atoms with Crippen LogP contribution in [-0.2, 0) is 0 Å². The molecular weight excluding hydrogens is 236 g/mol. The normalized spacial score (nSPS) is 65.3. The van der Waals surface area contributed by atoms with Crippen LogP contribution in [0.2, 0.25) is 0 Å². The van der Waals surface area contributed by atoms with Crippen LogP contribution in [0, 0.1) is 40.9 Å². The summed E-state index contributed by atoms with van der Waals surface area (Å²) >= 11 is 5.35. The van der Waals surface area contributed by atoms with E-state index >= 15 is 0 Å². The Bertz CT molecular complexity index is 378. The summed E-state index contributed by atoms with van der Waals surface area (Å²) in [5.74, 6) is 6.06. The van der Waals surface area contributed by atoms with Crippen molar-refractivity contribution < 1.29 is 0 Å². The molecule has 18 heavy (non-hydrogen) atoms. The molecule has 0 N–H and O–H groups in total. The highest BCUT2D eigenvalue weighted by molar-refractivity contribution is 7.82. The third-order valence-corrected chi connectivity index (χ3v) is 8.88. The van der Waals surface area contributed by atoms with Crippen LogP contribution in [0.4, 0.5) is 0 Å². The van der Waals surface area contributed by atoms with Crippen LogP contribution < -0.4 is 0 Å². The van der Waals surface area contributed by atoms with Gasteiger partial charge in [-0.2, -0.15) is 12.6 Å². The van der Waals surface area contributed by atoms with E-state index in [1.165, 1.54) is 38.5 Å². The summed E-state index contributed by atoms with van der Waals surface area (Å²) in [5.41, 5.74) is 0.618. The Morgan fingerprint density at radius 1 is 1.22 bits per heavy atom. The molecule has 0 amide bonds. The third kappa shape index (κ3) is 1.06. The molecule has 0 aliphatic heterocycles. The van der Waals surface area contributed by atoms with Crippen molar-refractivity contribution in [3.05, 3.63) is 0 Å². The first kappa shape index (κ1) is 12.1. The van der Waals surface area contributed by atoms with Crippen molar-refractivity contribution in [2.45, 2.75) is 64.0 Å². The summed E-state index contributed by atoms with van der Waals surface area (Å²) in [6.45, 7) is 7.56. The zero-order chi connectivity index (χ0) is 12.7. The molecule has 0 aromatic rings. The molecule has 0 spiro atoms. The average molecular weight is 264 g/mol. The Morgan fingerprint density at radius 3 is 2.72 bits per heavy atom. The molecule has 6 bridgehead atoms. The molecule has 0 aromatic carbocycles. The van der Waals surface area contributed by atoms with Gasteiger partial charge in [-0.05, 0) is 73.0 Å². The molecule has 0 aromatic heterocycles. The minimum Gasteiger partial charge on any atom is -0.172 e. The molecular formula is C17H28S. The van der Waals surface area contributed by atoms with Crippen molar-refractivity contribution in [2.24, 2.45) is 40.9 Å². The minimum absolute atomic E-state index is 0.412. The first-order chi connectivity index (χ1) is 8.55. The highest BCUT2D eigenvalue weighted by Crippen LogP contribution is 2.80. The Labute approximate surface area is 118 Å². The molecule has 8 unspecified atom stereocenters. The van der Waals surface area contributed by atoms with Crippen molar-refractivity contribution in [3.63, 3.8) is 0 Å².